The van der Waals surface area contributed by atoms with E-state index in [-0.39, 0.29) is 17.4 Å². The van der Waals surface area contributed by atoms with Crippen LogP contribution in [0.5, 0.6) is 5.75 Å². The fraction of sp³-hybridized carbons (Fsp3) is 0.206. The zero-order valence-electron chi connectivity index (χ0n) is 24.8. The maximum atomic E-state index is 13.7. The zero-order chi connectivity index (χ0) is 31.4. The molecular formula is C34H36N4O5S. The van der Waals surface area contributed by atoms with Gasteiger partial charge in [0.15, 0.2) is 6.61 Å². The van der Waals surface area contributed by atoms with Crippen LogP contribution in [-0.4, -0.2) is 46.1 Å². The summed E-state index contributed by atoms with van der Waals surface area (Å²) >= 11 is 0. The van der Waals surface area contributed by atoms with Gasteiger partial charge in [-0.25, -0.2) is 13.8 Å². The first-order valence-electron chi connectivity index (χ1n) is 14.3. The van der Waals surface area contributed by atoms with Gasteiger partial charge in [-0.1, -0.05) is 73.2 Å². The van der Waals surface area contributed by atoms with Gasteiger partial charge in [0.2, 0.25) is 0 Å². The number of hydrazone groups is 1. The second-order valence-electron chi connectivity index (χ2n) is 10.0. The van der Waals surface area contributed by atoms with E-state index in [9.17, 15) is 18.0 Å². The number of nitrogens with zero attached hydrogens (tertiary/aromatic N) is 2. The highest BCUT2D eigenvalue weighted by Gasteiger charge is 2.28. The second-order valence-corrected chi connectivity index (χ2v) is 11.9. The first-order valence-corrected chi connectivity index (χ1v) is 15.7. The van der Waals surface area contributed by atoms with Crippen molar-refractivity contribution in [3.8, 4) is 5.75 Å². The Balaban J connectivity index is 1.32. The van der Waals surface area contributed by atoms with Crippen molar-refractivity contribution in [1.82, 2.24) is 10.7 Å². The van der Waals surface area contributed by atoms with E-state index >= 15 is 0 Å². The molecule has 0 unspecified atom stereocenters. The molecule has 4 aromatic carbocycles. The van der Waals surface area contributed by atoms with Crippen molar-refractivity contribution in [3.63, 3.8) is 0 Å². The number of rotatable bonds is 14. The van der Waals surface area contributed by atoms with Crippen LogP contribution in [0, 0.1) is 6.92 Å². The van der Waals surface area contributed by atoms with E-state index < -0.39 is 22.5 Å². The molecule has 0 aliphatic heterocycles. The van der Waals surface area contributed by atoms with Crippen LogP contribution in [0.1, 0.15) is 29.2 Å². The molecule has 2 N–H and O–H groups in total. The summed E-state index contributed by atoms with van der Waals surface area (Å²) in [7, 11) is -4.03. The Morgan fingerprint density at radius 1 is 0.864 bits per heavy atom. The van der Waals surface area contributed by atoms with Gasteiger partial charge in [0, 0.05) is 6.54 Å². The van der Waals surface area contributed by atoms with Gasteiger partial charge in [0.25, 0.3) is 21.8 Å². The first-order chi connectivity index (χ1) is 21.3. The Morgan fingerprint density at radius 2 is 1.55 bits per heavy atom. The van der Waals surface area contributed by atoms with Crippen LogP contribution in [0.3, 0.4) is 0 Å². The minimum absolute atomic E-state index is 0.0947. The molecule has 0 fully saturated rings. The number of benzene rings is 4. The van der Waals surface area contributed by atoms with Gasteiger partial charge in [-0.05, 0) is 78.9 Å². The lowest BCUT2D eigenvalue weighted by molar-refractivity contribution is -0.123. The SMILES string of the molecule is CCc1ccccc1N(CC(=O)N/N=C\c1ccc(OCC(=O)NCCc2ccccc2)cc1)S(=O)(=O)c1ccc(C)cc1. The average Bonchev–Trinajstić information content (AvgIpc) is 3.04. The fourth-order valence-corrected chi connectivity index (χ4v) is 5.83. The minimum Gasteiger partial charge on any atom is -0.484 e. The number of anilines is 1. The highest BCUT2D eigenvalue weighted by atomic mass is 32.2. The monoisotopic (exact) mass is 612 g/mol. The quantitative estimate of drug-likeness (QED) is 0.159. The van der Waals surface area contributed by atoms with Crippen molar-refractivity contribution in [1.29, 1.82) is 0 Å². The number of hydrogen-bond acceptors (Lipinski definition) is 6. The molecule has 4 rings (SSSR count). The fourth-order valence-electron chi connectivity index (χ4n) is 4.38. The van der Waals surface area contributed by atoms with E-state index in [1.165, 1.54) is 18.3 Å². The molecule has 0 spiro atoms. The number of para-hydroxylation sites is 1. The molecule has 44 heavy (non-hydrogen) atoms. The van der Waals surface area contributed by atoms with Gasteiger partial charge in [0.05, 0.1) is 16.8 Å². The lowest BCUT2D eigenvalue weighted by atomic mass is 10.1. The van der Waals surface area contributed by atoms with E-state index in [0.29, 0.717) is 30.0 Å². The van der Waals surface area contributed by atoms with Crippen molar-refractivity contribution < 1.29 is 22.7 Å². The topological polar surface area (TPSA) is 117 Å². The Hall–Kier alpha value is -4.96. The largest absolute Gasteiger partial charge is 0.484 e. The van der Waals surface area contributed by atoms with Crippen LogP contribution in [0.4, 0.5) is 5.69 Å². The van der Waals surface area contributed by atoms with Crippen LogP contribution < -0.4 is 19.8 Å². The van der Waals surface area contributed by atoms with E-state index in [2.05, 4.69) is 15.8 Å². The lowest BCUT2D eigenvalue weighted by Gasteiger charge is -2.25. The van der Waals surface area contributed by atoms with E-state index in [0.717, 1.165) is 27.4 Å². The normalized spacial score (nSPS) is 11.2. The third kappa shape index (κ3) is 9.02. The van der Waals surface area contributed by atoms with Crippen LogP contribution in [-0.2, 0) is 32.5 Å². The molecule has 0 aliphatic carbocycles. The maximum absolute atomic E-state index is 13.7. The molecule has 2 amide bonds. The van der Waals surface area contributed by atoms with Gasteiger partial charge in [-0.3, -0.25) is 13.9 Å². The molecule has 4 aromatic rings. The molecule has 0 heterocycles. The molecule has 9 nitrogen and oxygen atoms in total. The van der Waals surface area contributed by atoms with Crippen LogP contribution in [0.25, 0.3) is 0 Å². The van der Waals surface area contributed by atoms with E-state index in [1.54, 1.807) is 48.5 Å². The predicted molar refractivity (Wildman–Crippen MR) is 172 cm³/mol. The van der Waals surface area contributed by atoms with Gasteiger partial charge in [-0.2, -0.15) is 5.10 Å². The molecule has 0 aromatic heterocycles. The molecule has 0 saturated carbocycles. The molecule has 0 saturated heterocycles. The van der Waals surface area contributed by atoms with Gasteiger partial charge in [0.1, 0.15) is 12.3 Å². The molecule has 0 bridgehead atoms. The Kier molecular flexibility index (Phi) is 11.3. The number of ether oxygens (including phenoxy) is 1. The molecule has 0 radical (unpaired) electrons. The van der Waals surface area contributed by atoms with Crippen molar-refractivity contribution in [2.45, 2.75) is 31.6 Å². The highest BCUT2D eigenvalue weighted by Crippen LogP contribution is 2.27. The van der Waals surface area contributed by atoms with Gasteiger partial charge >= 0.3 is 0 Å². The summed E-state index contributed by atoms with van der Waals surface area (Å²) in [4.78, 5) is 25.1. The number of carbonyl (C=O) groups is 2. The third-order valence-electron chi connectivity index (χ3n) is 6.77. The standard InChI is InChI=1S/C34H36N4O5S/c1-3-29-11-7-8-12-32(29)38(44(41,42)31-19-13-26(2)14-20-31)24-33(39)37-36-23-28-15-17-30(18-16-28)43-25-34(40)35-22-21-27-9-5-4-6-10-27/h4-20,23H,3,21-22,24-25H2,1-2H3,(H,35,40)(H,37,39)/b36-23-. The van der Waals surface area contributed by atoms with E-state index in [4.69, 9.17) is 4.74 Å². The van der Waals surface area contributed by atoms with Crippen LogP contribution in [0.2, 0.25) is 0 Å². The van der Waals surface area contributed by atoms with E-state index in [1.807, 2.05) is 56.3 Å². The molecular weight excluding hydrogens is 576 g/mol. The summed E-state index contributed by atoms with van der Waals surface area (Å²) in [6, 6.07) is 30.4. The number of sulfonamides is 1. The Bertz CT molecular complexity index is 1670. The average molecular weight is 613 g/mol. The smallest absolute Gasteiger partial charge is 0.264 e. The Labute approximate surface area is 258 Å². The molecule has 228 valence electrons. The molecule has 0 atom stereocenters. The van der Waals surface area contributed by atoms with Crippen molar-refractivity contribution in [3.05, 3.63) is 125 Å². The molecule has 0 aliphatic rings. The number of amides is 2. The lowest BCUT2D eigenvalue weighted by Crippen LogP contribution is -2.40. The van der Waals surface area contributed by atoms with Crippen LogP contribution in [0.15, 0.2) is 113 Å². The van der Waals surface area contributed by atoms with Gasteiger partial charge < -0.3 is 10.1 Å². The summed E-state index contributed by atoms with van der Waals surface area (Å²) in [5, 5.41) is 6.84. The third-order valence-corrected chi connectivity index (χ3v) is 8.54. The minimum atomic E-state index is -4.03. The first kappa shape index (κ1) is 32.0. The summed E-state index contributed by atoms with van der Waals surface area (Å²) in [6.45, 7) is 3.76. The summed E-state index contributed by atoms with van der Waals surface area (Å²) in [5.41, 5.74) is 6.41. The number of nitrogens with one attached hydrogen (secondary N) is 2. The Morgan fingerprint density at radius 3 is 2.25 bits per heavy atom. The summed E-state index contributed by atoms with van der Waals surface area (Å²) in [5.74, 6) is -0.300. The summed E-state index contributed by atoms with van der Waals surface area (Å²) < 4.78 is 34.0. The van der Waals surface area contributed by atoms with Crippen LogP contribution >= 0.6 is 0 Å². The highest BCUT2D eigenvalue weighted by molar-refractivity contribution is 7.92. The van der Waals surface area contributed by atoms with Crippen molar-refractivity contribution in [2.24, 2.45) is 5.10 Å². The van der Waals surface area contributed by atoms with Crippen molar-refractivity contribution in [2.75, 3.05) is 24.0 Å². The number of carbonyl (C=O) groups excluding carboxylic acids is 2. The summed E-state index contributed by atoms with van der Waals surface area (Å²) in [6.07, 6.45) is 2.77. The maximum Gasteiger partial charge on any atom is 0.264 e. The molecule has 10 heteroatoms. The zero-order valence-corrected chi connectivity index (χ0v) is 25.6. The second kappa shape index (κ2) is 15.5. The van der Waals surface area contributed by atoms with Gasteiger partial charge in [-0.15, -0.1) is 0 Å². The van der Waals surface area contributed by atoms with Crippen molar-refractivity contribution >= 4 is 33.7 Å². The number of hydrogen-bond donors (Lipinski definition) is 2. The number of aryl methyl sites for hydroxylation is 2. The predicted octanol–water partition coefficient (Wildman–Crippen LogP) is 4.64.